The van der Waals surface area contributed by atoms with E-state index in [1.807, 2.05) is 6.07 Å². The van der Waals surface area contributed by atoms with Gasteiger partial charge in [0.2, 0.25) is 15.9 Å². The first-order valence-corrected chi connectivity index (χ1v) is 9.60. The van der Waals surface area contributed by atoms with Crippen LogP contribution in [0, 0.1) is 11.3 Å². The van der Waals surface area contributed by atoms with Crippen LogP contribution in [-0.2, 0) is 21.4 Å². The lowest BCUT2D eigenvalue weighted by Crippen LogP contribution is -2.39. The zero-order valence-corrected chi connectivity index (χ0v) is 15.7. The van der Waals surface area contributed by atoms with E-state index in [0.717, 1.165) is 17.8 Å². The molecule has 2 amide bonds. The second kappa shape index (κ2) is 8.98. The lowest BCUT2D eigenvalue weighted by Gasteiger charge is -2.21. The predicted octanol–water partition coefficient (Wildman–Crippen LogP) is 0.478. The Kier molecular flexibility index (Phi) is 6.70. The average Bonchev–Trinajstić information content (AvgIpc) is 3.17. The van der Waals surface area contributed by atoms with Crippen molar-refractivity contribution >= 4 is 21.8 Å². The quantitative estimate of drug-likeness (QED) is 0.522. The fraction of sp³-hybridized carbons (Fsp3) is 0.167. The standard InChI is InChI=1S/C18H19N5O4S/c1-2-6-23(12-14-5-3-4-13(7-14)9-19)17(24)11-22-28(26,27)15-8-16(18(20)25)21-10-15/h2-5,7-8,10,21-22H,1,6,11-12H2,(H2,20,25). The summed E-state index contributed by atoms with van der Waals surface area (Å²) in [7, 11) is -4.01. The molecule has 0 radical (unpaired) electrons. The molecule has 0 atom stereocenters. The molecular formula is C18H19N5O4S. The van der Waals surface area contributed by atoms with Crippen molar-refractivity contribution in [3.8, 4) is 6.07 Å². The molecule has 0 aliphatic carbocycles. The van der Waals surface area contributed by atoms with Crippen molar-refractivity contribution in [2.75, 3.05) is 13.1 Å². The highest BCUT2D eigenvalue weighted by molar-refractivity contribution is 7.89. The Morgan fingerprint density at radius 2 is 2.11 bits per heavy atom. The molecule has 0 aliphatic heterocycles. The van der Waals surface area contributed by atoms with Gasteiger partial charge in [-0.3, -0.25) is 9.59 Å². The first-order chi connectivity index (χ1) is 13.3. The zero-order valence-electron chi connectivity index (χ0n) is 14.9. The van der Waals surface area contributed by atoms with Gasteiger partial charge in [0, 0.05) is 19.3 Å². The van der Waals surface area contributed by atoms with E-state index in [1.165, 1.54) is 11.0 Å². The van der Waals surface area contributed by atoms with Gasteiger partial charge >= 0.3 is 0 Å². The van der Waals surface area contributed by atoms with Gasteiger partial charge in [-0.1, -0.05) is 18.2 Å². The molecule has 0 fully saturated rings. The number of nitrogens with zero attached hydrogens (tertiary/aromatic N) is 2. The number of aromatic amines is 1. The number of sulfonamides is 1. The van der Waals surface area contributed by atoms with Crippen LogP contribution in [0.15, 0.2) is 54.1 Å². The number of nitrogens with two attached hydrogens (primary N) is 1. The molecule has 0 spiro atoms. The number of nitrogens with one attached hydrogen (secondary N) is 2. The first kappa shape index (κ1) is 20.9. The predicted molar refractivity (Wildman–Crippen MR) is 101 cm³/mol. The van der Waals surface area contributed by atoms with Crippen LogP contribution in [0.5, 0.6) is 0 Å². The highest BCUT2D eigenvalue weighted by Crippen LogP contribution is 2.11. The summed E-state index contributed by atoms with van der Waals surface area (Å²) in [6.45, 7) is 3.51. The number of carbonyl (C=O) groups excluding carboxylic acids is 2. The molecule has 146 valence electrons. The summed E-state index contributed by atoms with van der Waals surface area (Å²) < 4.78 is 26.8. The number of benzene rings is 1. The average molecular weight is 401 g/mol. The number of primary amides is 1. The van der Waals surface area contributed by atoms with Crippen molar-refractivity contribution < 1.29 is 18.0 Å². The normalized spacial score (nSPS) is 10.8. The summed E-state index contributed by atoms with van der Waals surface area (Å²) in [5.74, 6) is -1.27. The van der Waals surface area contributed by atoms with Crippen LogP contribution in [0.1, 0.15) is 21.6 Å². The van der Waals surface area contributed by atoms with E-state index >= 15 is 0 Å². The van der Waals surface area contributed by atoms with Gasteiger partial charge in [0.15, 0.2) is 0 Å². The third-order valence-electron chi connectivity index (χ3n) is 3.78. The topological polar surface area (TPSA) is 149 Å². The first-order valence-electron chi connectivity index (χ1n) is 8.12. The summed E-state index contributed by atoms with van der Waals surface area (Å²) >= 11 is 0. The number of amides is 2. The van der Waals surface area contributed by atoms with Gasteiger partial charge in [-0.15, -0.1) is 6.58 Å². The van der Waals surface area contributed by atoms with E-state index in [4.69, 9.17) is 11.0 Å². The van der Waals surface area contributed by atoms with Crippen molar-refractivity contribution in [2.45, 2.75) is 11.4 Å². The number of aromatic nitrogens is 1. The number of hydrogen-bond donors (Lipinski definition) is 3. The van der Waals surface area contributed by atoms with Gasteiger partial charge in [-0.25, -0.2) is 13.1 Å². The molecule has 1 heterocycles. The fourth-order valence-electron chi connectivity index (χ4n) is 2.39. The number of H-pyrrole nitrogens is 1. The van der Waals surface area contributed by atoms with Gasteiger partial charge in [0.25, 0.3) is 5.91 Å². The van der Waals surface area contributed by atoms with Crippen LogP contribution in [0.2, 0.25) is 0 Å². The molecule has 0 bridgehead atoms. The van der Waals surface area contributed by atoms with Crippen molar-refractivity contribution in [3.05, 3.63) is 66.0 Å². The van der Waals surface area contributed by atoms with Gasteiger partial charge in [-0.05, 0) is 23.8 Å². The molecule has 0 unspecified atom stereocenters. The number of rotatable bonds is 9. The Morgan fingerprint density at radius 1 is 1.36 bits per heavy atom. The van der Waals surface area contributed by atoms with E-state index in [-0.39, 0.29) is 23.7 Å². The van der Waals surface area contributed by atoms with E-state index in [2.05, 4.69) is 16.3 Å². The Bertz CT molecular complexity index is 1040. The lowest BCUT2D eigenvalue weighted by molar-refractivity contribution is -0.130. The van der Waals surface area contributed by atoms with Crippen LogP contribution in [0.3, 0.4) is 0 Å². The highest BCUT2D eigenvalue weighted by atomic mass is 32.2. The molecule has 0 aliphatic rings. The molecule has 9 nitrogen and oxygen atoms in total. The van der Waals surface area contributed by atoms with Crippen molar-refractivity contribution in [3.63, 3.8) is 0 Å². The van der Waals surface area contributed by atoms with E-state index < -0.39 is 28.4 Å². The SMILES string of the molecule is C=CCN(Cc1cccc(C#N)c1)C(=O)CNS(=O)(=O)c1c[nH]c(C(N)=O)c1. The van der Waals surface area contributed by atoms with E-state index in [0.29, 0.717) is 5.56 Å². The maximum atomic E-state index is 12.5. The van der Waals surface area contributed by atoms with Crippen molar-refractivity contribution in [1.82, 2.24) is 14.6 Å². The second-order valence-electron chi connectivity index (χ2n) is 5.81. The summed E-state index contributed by atoms with van der Waals surface area (Å²) in [5, 5.41) is 8.97. The van der Waals surface area contributed by atoms with Crippen LogP contribution < -0.4 is 10.5 Å². The molecule has 4 N–H and O–H groups in total. The van der Waals surface area contributed by atoms with Crippen LogP contribution in [0.25, 0.3) is 0 Å². The highest BCUT2D eigenvalue weighted by Gasteiger charge is 2.21. The maximum absolute atomic E-state index is 12.5. The fourth-order valence-corrected chi connectivity index (χ4v) is 3.36. The van der Waals surface area contributed by atoms with Gasteiger partial charge < -0.3 is 15.6 Å². The smallest absolute Gasteiger partial charge is 0.265 e. The van der Waals surface area contributed by atoms with Crippen LogP contribution in [-0.4, -0.2) is 43.2 Å². The number of carbonyl (C=O) groups is 2. The molecule has 0 saturated carbocycles. The van der Waals surface area contributed by atoms with E-state index in [9.17, 15) is 18.0 Å². The lowest BCUT2D eigenvalue weighted by atomic mass is 10.1. The maximum Gasteiger partial charge on any atom is 0.265 e. The Hall–Kier alpha value is -3.42. The third kappa shape index (κ3) is 5.29. The van der Waals surface area contributed by atoms with Crippen LogP contribution in [0.4, 0.5) is 0 Å². The van der Waals surface area contributed by atoms with Gasteiger partial charge in [0.05, 0.1) is 18.2 Å². The molecule has 28 heavy (non-hydrogen) atoms. The Labute approximate surface area is 162 Å². The summed E-state index contributed by atoms with van der Waals surface area (Å²) in [6.07, 6.45) is 2.63. The minimum atomic E-state index is -4.01. The molecule has 10 heteroatoms. The molecule has 0 saturated heterocycles. The monoisotopic (exact) mass is 401 g/mol. The Balaban J connectivity index is 2.07. The van der Waals surface area contributed by atoms with Crippen molar-refractivity contribution in [2.24, 2.45) is 5.73 Å². The Morgan fingerprint density at radius 3 is 2.71 bits per heavy atom. The summed E-state index contributed by atoms with van der Waals surface area (Å²) in [6, 6.07) is 9.88. The third-order valence-corrected chi connectivity index (χ3v) is 5.16. The summed E-state index contributed by atoms with van der Waals surface area (Å²) in [5.41, 5.74) is 6.22. The molecule has 2 rings (SSSR count). The molecule has 1 aromatic heterocycles. The summed E-state index contributed by atoms with van der Waals surface area (Å²) in [4.78, 5) is 27.2. The zero-order chi connectivity index (χ0) is 20.7. The second-order valence-corrected chi connectivity index (χ2v) is 7.58. The van der Waals surface area contributed by atoms with E-state index in [1.54, 1.807) is 24.3 Å². The minimum Gasteiger partial charge on any atom is -0.364 e. The van der Waals surface area contributed by atoms with Crippen LogP contribution >= 0.6 is 0 Å². The van der Waals surface area contributed by atoms with Crippen molar-refractivity contribution in [1.29, 1.82) is 5.26 Å². The molecule has 2 aromatic rings. The largest absolute Gasteiger partial charge is 0.364 e. The number of nitriles is 1. The number of hydrogen-bond acceptors (Lipinski definition) is 5. The van der Waals surface area contributed by atoms with Gasteiger partial charge in [0.1, 0.15) is 10.6 Å². The van der Waals surface area contributed by atoms with Gasteiger partial charge in [-0.2, -0.15) is 5.26 Å². The minimum absolute atomic E-state index is 0.0580. The molecular weight excluding hydrogens is 382 g/mol. The molecule has 1 aromatic carbocycles.